The highest BCUT2D eigenvalue weighted by atomic mass is 35.5. The third-order valence-corrected chi connectivity index (χ3v) is 3.67. The van der Waals surface area contributed by atoms with Crippen LogP contribution in [0.2, 0.25) is 5.02 Å². The smallest absolute Gasteiger partial charge is 0.337 e. The van der Waals surface area contributed by atoms with Gasteiger partial charge in [-0.25, -0.2) is 4.79 Å². The van der Waals surface area contributed by atoms with Crippen LogP contribution in [0.1, 0.15) is 22.8 Å². The summed E-state index contributed by atoms with van der Waals surface area (Å²) in [5.41, 5.74) is 1.81. The molecule has 0 aromatic heterocycles. The van der Waals surface area contributed by atoms with E-state index in [0.717, 1.165) is 11.3 Å². The maximum atomic E-state index is 11.0. The summed E-state index contributed by atoms with van der Waals surface area (Å²) in [4.78, 5) is 11.0. The zero-order chi connectivity index (χ0) is 18.2. The Morgan fingerprint density at radius 3 is 2.68 bits per heavy atom. The van der Waals surface area contributed by atoms with E-state index < -0.39 is 5.97 Å². The summed E-state index contributed by atoms with van der Waals surface area (Å²) in [7, 11) is 0. The molecule has 0 heterocycles. The van der Waals surface area contributed by atoms with Gasteiger partial charge in [0.2, 0.25) is 0 Å². The van der Waals surface area contributed by atoms with Crippen LogP contribution in [0.4, 0.5) is 5.69 Å². The minimum Gasteiger partial charge on any atom is -0.490 e. The molecule has 5 nitrogen and oxygen atoms in total. The number of rotatable bonds is 9. The first-order chi connectivity index (χ1) is 12.0. The minimum absolute atomic E-state index is 0.0783. The summed E-state index contributed by atoms with van der Waals surface area (Å²) in [6.45, 7) is 7.02. The molecule has 6 heteroatoms. The molecule has 2 aromatic rings. The molecule has 0 aliphatic carbocycles. The van der Waals surface area contributed by atoms with Gasteiger partial charge in [-0.3, -0.25) is 0 Å². The molecule has 0 saturated carbocycles. The summed E-state index contributed by atoms with van der Waals surface area (Å²) >= 11 is 5.98. The van der Waals surface area contributed by atoms with Gasteiger partial charge < -0.3 is 19.9 Å². The summed E-state index contributed by atoms with van der Waals surface area (Å²) in [6, 6.07) is 10.4. The second kappa shape index (κ2) is 8.99. The lowest BCUT2D eigenvalue weighted by Crippen LogP contribution is -2.04. The van der Waals surface area contributed by atoms with Gasteiger partial charge in [0.1, 0.15) is 6.61 Å². The van der Waals surface area contributed by atoms with Gasteiger partial charge in [0.05, 0.1) is 17.2 Å². The van der Waals surface area contributed by atoms with Crippen molar-refractivity contribution in [1.82, 2.24) is 0 Å². The van der Waals surface area contributed by atoms with Crippen molar-refractivity contribution >= 4 is 23.3 Å². The average Bonchev–Trinajstić information content (AvgIpc) is 2.59. The van der Waals surface area contributed by atoms with Crippen molar-refractivity contribution in [3.8, 4) is 11.5 Å². The van der Waals surface area contributed by atoms with E-state index in [1.165, 1.54) is 6.07 Å². The lowest BCUT2D eigenvalue weighted by atomic mass is 10.1. The standard InChI is InChI=1S/C19H20ClNO4/c1-3-9-25-17-8-5-13(10-18(17)24-4-2)12-21-14-6-7-15(19(22)23)16(20)11-14/h3,5-8,10-11,21H,1,4,9,12H2,2H3,(H,22,23). The lowest BCUT2D eigenvalue weighted by molar-refractivity contribution is 0.0697. The van der Waals surface area contributed by atoms with Crippen LogP contribution in [0.5, 0.6) is 11.5 Å². The van der Waals surface area contributed by atoms with Crippen molar-refractivity contribution in [2.24, 2.45) is 0 Å². The number of ether oxygens (including phenoxy) is 2. The van der Waals surface area contributed by atoms with Crippen molar-refractivity contribution in [2.45, 2.75) is 13.5 Å². The van der Waals surface area contributed by atoms with Gasteiger partial charge in [-0.15, -0.1) is 0 Å². The first kappa shape index (κ1) is 18.7. The Balaban J connectivity index is 2.09. The second-order valence-electron chi connectivity index (χ2n) is 5.17. The minimum atomic E-state index is -1.05. The topological polar surface area (TPSA) is 67.8 Å². The van der Waals surface area contributed by atoms with Crippen LogP contribution in [0, 0.1) is 0 Å². The predicted octanol–water partition coefficient (Wildman–Crippen LogP) is 4.61. The molecule has 0 fully saturated rings. The van der Waals surface area contributed by atoms with E-state index in [4.69, 9.17) is 26.2 Å². The molecule has 0 atom stereocenters. The first-order valence-electron chi connectivity index (χ1n) is 7.81. The number of carbonyl (C=O) groups is 1. The van der Waals surface area contributed by atoms with Gasteiger partial charge in [0.25, 0.3) is 0 Å². The molecule has 25 heavy (non-hydrogen) atoms. The quantitative estimate of drug-likeness (QED) is 0.638. The SMILES string of the molecule is C=CCOc1ccc(CNc2ccc(C(=O)O)c(Cl)c2)cc1OCC. The number of hydrogen-bond acceptors (Lipinski definition) is 4. The van der Waals surface area contributed by atoms with Crippen LogP contribution in [0.3, 0.4) is 0 Å². The molecule has 2 rings (SSSR count). The zero-order valence-corrected chi connectivity index (χ0v) is 14.7. The Morgan fingerprint density at radius 2 is 2.04 bits per heavy atom. The van der Waals surface area contributed by atoms with Crippen molar-refractivity contribution < 1.29 is 19.4 Å². The largest absolute Gasteiger partial charge is 0.490 e. The highest BCUT2D eigenvalue weighted by Crippen LogP contribution is 2.29. The van der Waals surface area contributed by atoms with Crippen LogP contribution < -0.4 is 14.8 Å². The number of nitrogens with one attached hydrogen (secondary N) is 1. The number of carboxylic acid groups (broad SMARTS) is 1. The first-order valence-corrected chi connectivity index (χ1v) is 8.19. The lowest BCUT2D eigenvalue weighted by Gasteiger charge is -2.13. The van der Waals surface area contributed by atoms with E-state index in [2.05, 4.69) is 11.9 Å². The molecule has 0 aliphatic heterocycles. The zero-order valence-electron chi connectivity index (χ0n) is 13.9. The Labute approximate surface area is 151 Å². The molecule has 0 radical (unpaired) electrons. The van der Waals surface area contributed by atoms with Gasteiger partial charge in [-0.1, -0.05) is 30.3 Å². The van der Waals surface area contributed by atoms with Crippen LogP contribution in [0.25, 0.3) is 0 Å². The van der Waals surface area contributed by atoms with E-state index in [-0.39, 0.29) is 10.6 Å². The molecule has 0 spiro atoms. The summed E-state index contributed by atoms with van der Waals surface area (Å²) in [5.74, 6) is 0.287. The predicted molar refractivity (Wildman–Crippen MR) is 99.0 cm³/mol. The summed E-state index contributed by atoms with van der Waals surface area (Å²) in [5, 5.41) is 12.4. The van der Waals surface area contributed by atoms with Gasteiger partial charge in [0, 0.05) is 12.2 Å². The Kier molecular flexibility index (Phi) is 6.71. The van der Waals surface area contributed by atoms with Crippen LogP contribution in [0.15, 0.2) is 49.1 Å². The number of benzene rings is 2. The number of carboxylic acids is 1. The molecule has 0 aliphatic rings. The summed E-state index contributed by atoms with van der Waals surface area (Å²) in [6.07, 6.45) is 1.68. The monoisotopic (exact) mass is 361 g/mol. The second-order valence-corrected chi connectivity index (χ2v) is 5.57. The maximum absolute atomic E-state index is 11.0. The Bertz CT molecular complexity index is 761. The molecule has 132 valence electrons. The molecule has 2 N–H and O–H groups in total. The molecule has 0 saturated heterocycles. The average molecular weight is 362 g/mol. The normalized spacial score (nSPS) is 10.2. The third kappa shape index (κ3) is 5.16. The van der Waals surface area contributed by atoms with Crippen molar-refractivity contribution in [3.63, 3.8) is 0 Å². The molecule has 2 aromatic carbocycles. The maximum Gasteiger partial charge on any atom is 0.337 e. The molecular formula is C19H20ClNO4. The molecule has 0 unspecified atom stereocenters. The van der Waals surface area contributed by atoms with Crippen molar-refractivity contribution in [2.75, 3.05) is 18.5 Å². The van der Waals surface area contributed by atoms with Crippen LogP contribution in [-0.2, 0) is 6.54 Å². The fourth-order valence-corrected chi connectivity index (χ4v) is 2.46. The fraction of sp³-hybridized carbons (Fsp3) is 0.211. The number of hydrogen-bond donors (Lipinski definition) is 2. The van der Waals surface area contributed by atoms with Gasteiger partial charge in [-0.05, 0) is 42.8 Å². The Hall–Kier alpha value is -2.66. The summed E-state index contributed by atoms with van der Waals surface area (Å²) < 4.78 is 11.2. The van der Waals surface area contributed by atoms with E-state index >= 15 is 0 Å². The van der Waals surface area contributed by atoms with Crippen molar-refractivity contribution in [3.05, 3.63) is 65.2 Å². The molecule has 0 bridgehead atoms. The van der Waals surface area contributed by atoms with Crippen LogP contribution in [-0.4, -0.2) is 24.3 Å². The van der Waals surface area contributed by atoms with E-state index in [1.54, 1.807) is 18.2 Å². The molecule has 0 amide bonds. The number of anilines is 1. The highest BCUT2D eigenvalue weighted by Gasteiger charge is 2.09. The van der Waals surface area contributed by atoms with Gasteiger partial charge in [-0.2, -0.15) is 0 Å². The highest BCUT2D eigenvalue weighted by molar-refractivity contribution is 6.33. The van der Waals surface area contributed by atoms with E-state index in [1.807, 2.05) is 25.1 Å². The number of aromatic carboxylic acids is 1. The van der Waals surface area contributed by atoms with E-state index in [0.29, 0.717) is 31.3 Å². The van der Waals surface area contributed by atoms with E-state index in [9.17, 15) is 4.79 Å². The van der Waals surface area contributed by atoms with Crippen molar-refractivity contribution in [1.29, 1.82) is 0 Å². The third-order valence-electron chi connectivity index (χ3n) is 3.36. The molecular weight excluding hydrogens is 342 g/mol. The van der Waals surface area contributed by atoms with Crippen LogP contribution >= 0.6 is 11.6 Å². The van der Waals surface area contributed by atoms with Gasteiger partial charge in [0.15, 0.2) is 11.5 Å². The van der Waals surface area contributed by atoms with Gasteiger partial charge >= 0.3 is 5.97 Å². The Morgan fingerprint density at radius 1 is 1.24 bits per heavy atom. The fourth-order valence-electron chi connectivity index (χ4n) is 2.20. The number of halogens is 1.